The summed E-state index contributed by atoms with van der Waals surface area (Å²) in [7, 11) is -2.63. The van der Waals surface area contributed by atoms with Crippen LogP contribution in [0.2, 0.25) is 5.28 Å². The van der Waals surface area contributed by atoms with E-state index < -0.39 is 8.07 Å². The van der Waals surface area contributed by atoms with E-state index in [1.807, 2.05) is 12.1 Å². The molecule has 214 valence electrons. The Kier molecular flexibility index (Phi) is 6.82. The summed E-state index contributed by atoms with van der Waals surface area (Å²) in [5.74, 6) is 1.03. The number of para-hydroxylation sites is 2. The first-order valence-electron chi connectivity index (χ1n) is 14.9. The molecule has 0 saturated heterocycles. The molecule has 2 heterocycles. The molecule has 8 aromatic rings. The zero-order valence-corrected chi connectivity index (χ0v) is 26.0. The molecular weight excluding hydrogens is 588 g/mol. The molecule has 0 saturated carbocycles. The zero-order chi connectivity index (χ0) is 30.2. The van der Waals surface area contributed by atoms with Crippen molar-refractivity contribution in [3.8, 4) is 17.3 Å². The highest BCUT2D eigenvalue weighted by atomic mass is 35.5. The van der Waals surface area contributed by atoms with Gasteiger partial charge in [-0.3, -0.25) is 4.57 Å². The third-order valence-corrected chi connectivity index (χ3v) is 13.5. The van der Waals surface area contributed by atoms with Gasteiger partial charge < -0.3 is 0 Å². The van der Waals surface area contributed by atoms with Crippen molar-refractivity contribution in [3.63, 3.8) is 0 Å². The van der Waals surface area contributed by atoms with Crippen LogP contribution in [0.3, 0.4) is 0 Å². The van der Waals surface area contributed by atoms with Crippen molar-refractivity contribution in [2.45, 2.75) is 0 Å². The molecule has 0 atom stereocenters. The van der Waals surface area contributed by atoms with E-state index in [1.54, 1.807) is 0 Å². The summed E-state index contributed by atoms with van der Waals surface area (Å²) in [5.41, 5.74) is 2.92. The topological polar surface area (TPSA) is 43.6 Å². The van der Waals surface area contributed by atoms with Crippen molar-refractivity contribution < 1.29 is 0 Å². The molecule has 0 fully saturated rings. The van der Waals surface area contributed by atoms with Crippen molar-refractivity contribution in [1.82, 2.24) is 19.5 Å². The molecule has 0 spiro atoms. The number of hydrogen-bond donors (Lipinski definition) is 0. The highest BCUT2D eigenvalue weighted by Gasteiger charge is 2.41. The van der Waals surface area contributed by atoms with Gasteiger partial charge >= 0.3 is 0 Å². The Hall–Kier alpha value is -5.36. The van der Waals surface area contributed by atoms with Crippen LogP contribution >= 0.6 is 11.6 Å². The Balaban J connectivity index is 1.30. The Morgan fingerprint density at radius 3 is 1.33 bits per heavy atom. The van der Waals surface area contributed by atoms with Crippen LogP contribution in [-0.2, 0) is 0 Å². The second-order valence-electron chi connectivity index (χ2n) is 11.0. The van der Waals surface area contributed by atoms with E-state index in [4.69, 9.17) is 16.6 Å². The molecule has 4 nitrogen and oxygen atoms in total. The number of hydrogen-bond acceptors (Lipinski definition) is 3. The molecule has 0 aliphatic rings. The van der Waals surface area contributed by atoms with E-state index in [1.165, 1.54) is 20.7 Å². The van der Waals surface area contributed by atoms with Crippen LogP contribution < -0.4 is 20.7 Å². The van der Waals surface area contributed by atoms with Crippen LogP contribution in [0.5, 0.6) is 0 Å². The van der Waals surface area contributed by atoms with Gasteiger partial charge in [0.25, 0.3) is 0 Å². The zero-order valence-electron chi connectivity index (χ0n) is 24.3. The Labute approximate surface area is 267 Å². The van der Waals surface area contributed by atoms with E-state index in [0.717, 1.165) is 27.4 Å². The van der Waals surface area contributed by atoms with Crippen molar-refractivity contribution in [1.29, 1.82) is 0 Å². The predicted molar refractivity (Wildman–Crippen MR) is 188 cm³/mol. The Morgan fingerprint density at radius 1 is 0.422 bits per heavy atom. The highest BCUT2D eigenvalue weighted by molar-refractivity contribution is 7.19. The van der Waals surface area contributed by atoms with Crippen molar-refractivity contribution >= 4 is 62.2 Å². The summed E-state index contributed by atoms with van der Waals surface area (Å²) in [6.45, 7) is 0. The van der Waals surface area contributed by atoms with Gasteiger partial charge in [-0.2, -0.15) is 15.0 Å². The molecule has 8 rings (SSSR count). The van der Waals surface area contributed by atoms with Gasteiger partial charge in [-0.05, 0) is 44.5 Å². The minimum atomic E-state index is -2.63. The predicted octanol–water partition coefficient (Wildman–Crippen LogP) is 6.67. The summed E-state index contributed by atoms with van der Waals surface area (Å²) in [6, 6.07) is 58.0. The lowest BCUT2D eigenvalue weighted by molar-refractivity contribution is 0.947. The van der Waals surface area contributed by atoms with E-state index >= 15 is 0 Å². The van der Waals surface area contributed by atoms with Gasteiger partial charge in [-0.25, -0.2) is 0 Å². The molecule has 0 radical (unpaired) electrons. The van der Waals surface area contributed by atoms with Crippen molar-refractivity contribution in [2.24, 2.45) is 0 Å². The number of halogens is 1. The average Bonchev–Trinajstić information content (AvgIpc) is 3.45. The minimum absolute atomic E-state index is 0.155. The molecule has 2 aromatic heterocycles. The fourth-order valence-electron chi connectivity index (χ4n) is 6.64. The number of aromatic nitrogens is 4. The third-order valence-electron chi connectivity index (χ3n) is 8.57. The van der Waals surface area contributed by atoms with Crippen LogP contribution in [0.1, 0.15) is 0 Å². The van der Waals surface area contributed by atoms with Gasteiger partial charge in [0.2, 0.25) is 11.2 Å². The number of fused-ring (bicyclic) bond motifs is 3. The van der Waals surface area contributed by atoms with Gasteiger partial charge in [0.15, 0.2) is 13.9 Å². The minimum Gasteiger partial charge on any atom is -0.278 e. The summed E-state index contributed by atoms with van der Waals surface area (Å²) >= 11 is 6.59. The first kappa shape index (κ1) is 27.2. The lowest BCUT2D eigenvalue weighted by atomic mass is 10.2. The number of rotatable bonds is 6. The first-order chi connectivity index (χ1) is 22.2. The third kappa shape index (κ3) is 4.56. The van der Waals surface area contributed by atoms with E-state index in [9.17, 15) is 0 Å². The molecule has 6 heteroatoms. The van der Waals surface area contributed by atoms with Crippen LogP contribution in [0, 0.1) is 0 Å². The van der Waals surface area contributed by atoms with E-state index in [-0.39, 0.29) is 5.28 Å². The normalized spacial score (nSPS) is 11.7. The maximum absolute atomic E-state index is 6.59. The summed E-state index contributed by atoms with van der Waals surface area (Å²) in [6.07, 6.45) is 0. The molecule has 45 heavy (non-hydrogen) atoms. The molecule has 0 aliphatic carbocycles. The molecule has 0 unspecified atom stereocenters. The van der Waals surface area contributed by atoms with Gasteiger partial charge in [0.05, 0.1) is 11.0 Å². The number of benzene rings is 6. The quantitative estimate of drug-likeness (QED) is 0.155. The van der Waals surface area contributed by atoms with Crippen molar-refractivity contribution in [3.05, 3.63) is 169 Å². The molecule has 0 bridgehead atoms. The SMILES string of the molecule is Clc1nc(-c2ccc([Si](c3ccccc3)(c3ccccc3)c3ccccc3)cc2)nc(-n2c3ccccc3c3ccccc32)n1. The largest absolute Gasteiger partial charge is 0.278 e. The fraction of sp³-hybridized carbons (Fsp3) is 0. The van der Waals surface area contributed by atoms with E-state index in [2.05, 4.69) is 166 Å². The van der Waals surface area contributed by atoms with Gasteiger partial charge in [0, 0.05) is 16.3 Å². The fourth-order valence-corrected chi connectivity index (χ4v) is 11.5. The first-order valence-corrected chi connectivity index (χ1v) is 17.3. The molecule has 0 aliphatic heterocycles. The van der Waals surface area contributed by atoms with Crippen LogP contribution in [0.4, 0.5) is 0 Å². The van der Waals surface area contributed by atoms with Crippen LogP contribution in [-0.4, -0.2) is 27.6 Å². The molecular formula is C39H27ClN4Si. The molecule has 0 N–H and O–H groups in total. The van der Waals surface area contributed by atoms with Crippen LogP contribution in [0.15, 0.2) is 164 Å². The maximum Gasteiger partial charge on any atom is 0.239 e. The standard InChI is InChI=1S/C39H27ClN4Si/c40-38-41-37(42-39(43-38)44-35-22-12-10-20-33(35)34-21-11-13-23-36(34)44)28-24-26-32(27-25-28)45(29-14-4-1-5-15-29,30-16-6-2-7-17-30)31-18-8-3-9-19-31/h1-27H. The molecule has 6 aromatic carbocycles. The van der Waals surface area contributed by atoms with E-state index in [0.29, 0.717) is 11.8 Å². The Bertz CT molecular complexity index is 2120. The maximum atomic E-state index is 6.59. The molecule has 0 amide bonds. The van der Waals surface area contributed by atoms with Gasteiger partial charge in [0.1, 0.15) is 0 Å². The highest BCUT2D eigenvalue weighted by Crippen LogP contribution is 2.31. The Morgan fingerprint density at radius 2 is 0.844 bits per heavy atom. The lowest BCUT2D eigenvalue weighted by Crippen LogP contribution is -2.74. The summed E-state index contributed by atoms with van der Waals surface area (Å²) in [4.78, 5) is 14.2. The second kappa shape index (κ2) is 11.3. The average molecular weight is 615 g/mol. The lowest BCUT2D eigenvalue weighted by Gasteiger charge is -2.34. The van der Waals surface area contributed by atoms with Gasteiger partial charge in [-0.1, -0.05) is 152 Å². The summed E-state index contributed by atoms with van der Waals surface area (Å²) < 4.78 is 2.06. The summed E-state index contributed by atoms with van der Waals surface area (Å²) in [5, 5.41) is 7.69. The van der Waals surface area contributed by atoms with Gasteiger partial charge in [-0.15, -0.1) is 0 Å². The van der Waals surface area contributed by atoms with Crippen molar-refractivity contribution in [2.75, 3.05) is 0 Å². The van der Waals surface area contributed by atoms with Crippen LogP contribution in [0.25, 0.3) is 39.1 Å². The monoisotopic (exact) mass is 614 g/mol. The number of nitrogens with zero attached hydrogens (tertiary/aromatic N) is 4. The second-order valence-corrected chi connectivity index (χ2v) is 15.2. The smallest absolute Gasteiger partial charge is 0.239 e.